The molecule has 0 N–H and O–H groups in total. The highest BCUT2D eigenvalue weighted by Crippen LogP contribution is 2.22. The number of rotatable bonds is 5. The van der Waals surface area contributed by atoms with E-state index in [2.05, 4.69) is 9.97 Å². The van der Waals surface area contributed by atoms with Crippen molar-refractivity contribution >= 4 is 29.2 Å². The molecule has 0 radical (unpaired) electrons. The largest absolute Gasteiger partial charge is 0.405 e. The maximum absolute atomic E-state index is 12.4. The smallest absolute Gasteiger partial charge is 0.346 e. The minimum absolute atomic E-state index is 0.0892. The van der Waals surface area contributed by atoms with Crippen LogP contribution < -0.4 is 4.90 Å². The van der Waals surface area contributed by atoms with E-state index in [1.54, 1.807) is 6.26 Å². The summed E-state index contributed by atoms with van der Waals surface area (Å²) in [6, 6.07) is 1.52. The zero-order chi connectivity index (χ0) is 12.9. The van der Waals surface area contributed by atoms with E-state index in [9.17, 15) is 13.2 Å². The summed E-state index contributed by atoms with van der Waals surface area (Å²) in [6.07, 6.45) is -1.24. The lowest BCUT2D eigenvalue weighted by Crippen LogP contribution is -2.36. The number of hydrogen-bond acceptors (Lipinski definition) is 4. The highest BCUT2D eigenvalue weighted by atomic mass is 35.5. The first-order valence-corrected chi connectivity index (χ1v) is 6.46. The fourth-order valence-corrected chi connectivity index (χ4v) is 1.79. The number of nitrogens with zero attached hydrogens (tertiary/aromatic N) is 3. The summed E-state index contributed by atoms with van der Waals surface area (Å²) >= 11 is 6.84. The van der Waals surface area contributed by atoms with Crippen LogP contribution in [-0.4, -0.2) is 41.4 Å². The molecule has 1 aromatic heterocycles. The minimum atomic E-state index is -4.28. The molecule has 17 heavy (non-hydrogen) atoms. The van der Waals surface area contributed by atoms with Gasteiger partial charge >= 0.3 is 6.18 Å². The van der Waals surface area contributed by atoms with Crippen molar-refractivity contribution in [2.75, 3.05) is 30.1 Å². The quantitative estimate of drug-likeness (QED) is 0.473. The van der Waals surface area contributed by atoms with E-state index >= 15 is 0 Å². The van der Waals surface area contributed by atoms with Crippen LogP contribution >= 0.6 is 23.4 Å². The molecule has 0 atom stereocenters. The van der Waals surface area contributed by atoms with Gasteiger partial charge in [-0.05, 0) is 6.26 Å². The van der Waals surface area contributed by atoms with E-state index in [0.29, 0.717) is 5.03 Å². The van der Waals surface area contributed by atoms with Gasteiger partial charge in [0.1, 0.15) is 23.7 Å². The molecule has 0 unspecified atom stereocenters. The van der Waals surface area contributed by atoms with E-state index in [1.807, 2.05) is 0 Å². The molecular weight excluding hydrogens is 275 g/mol. The first-order valence-electron chi connectivity index (χ1n) is 4.70. The Bertz CT molecular complexity index is 362. The molecule has 1 rings (SSSR count). The number of hydrogen-bond donors (Lipinski definition) is 0. The second-order valence-corrected chi connectivity index (χ2v) is 4.35. The van der Waals surface area contributed by atoms with Crippen LogP contribution in [-0.2, 0) is 0 Å². The van der Waals surface area contributed by atoms with Crippen molar-refractivity contribution in [1.82, 2.24) is 9.97 Å². The number of thioether (sulfide) groups is 1. The monoisotopic (exact) mass is 285 g/mol. The summed E-state index contributed by atoms with van der Waals surface area (Å²) in [5, 5.41) is 0.622. The molecule has 0 aliphatic rings. The first kappa shape index (κ1) is 14.4. The first-order chi connectivity index (χ1) is 7.96. The Balaban J connectivity index is 2.88. The number of halogens is 4. The van der Waals surface area contributed by atoms with Crippen LogP contribution in [0, 0.1) is 0 Å². The van der Waals surface area contributed by atoms with Gasteiger partial charge in [-0.25, -0.2) is 9.97 Å². The minimum Gasteiger partial charge on any atom is -0.346 e. The summed E-state index contributed by atoms with van der Waals surface area (Å²) in [5.41, 5.74) is 0. The molecule has 0 spiro atoms. The SMILES string of the molecule is CSc1cc(N(CCCl)CC(F)(F)F)ncn1. The third-order valence-corrected chi connectivity index (χ3v) is 2.70. The lowest BCUT2D eigenvalue weighted by Gasteiger charge is -2.23. The van der Waals surface area contributed by atoms with Crippen molar-refractivity contribution in [2.24, 2.45) is 0 Å². The van der Waals surface area contributed by atoms with Gasteiger partial charge in [-0.3, -0.25) is 0 Å². The van der Waals surface area contributed by atoms with Crippen LogP contribution in [0.4, 0.5) is 19.0 Å². The Hall–Kier alpha value is -0.690. The summed E-state index contributed by atoms with van der Waals surface area (Å²) in [7, 11) is 0. The Morgan fingerprint density at radius 1 is 1.41 bits per heavy atom. The second-order valence-electron chi connectivity index (χ2n) is 3.14. The zero-order valence-corrected chi connectivity index (χ0v) is 10.6. The van der Waals surface area contributed by atoms with Gasteiger partial charge in [0.15, 0.2) is 0 Å². The van der Waals surface area contributed by atoms with Crippen molar-refractivity contribution in [1.29, 1.82) is 0 Å². The third kappa shape index (κ3) is 4.99. The van der Waals surface area contributed by atoms with Crippen LogP contribution in [0.3, 0.4) is 0 Å². The van der Waals surface area contributed by atoms with E-state index in [1.165, 1.54) is 24.2 Å². The van der Waals surface area contributed by atoms with Crippen LogP contribution in [0.1, 0.15) is 0 Å². The van der Waals surface area contributed by atoms with Gasteiger partial charge in [-0.2, -0.15) is 13.2 Å². The van der Waals surface area contributed by atoms with Crippen molar-refractivity contribution < 1.29 is 13.2 Å². The molecule has 0 amide bonds. The molecule has 8 heteroatoms. The van der Waals surface area contributed by atoms with Gasteiger partial charge in [0, 0.05) is 18.5 Å². The predicted molar refractivity (Wildman–Crippen MR) is 62.8 cm³/mol. The second kappa shape index (κ2) is 6.30. The van der Waals surface area contributed by atoms with Gasteiger partial charge in [0.05, 0.1) is 0 Å². The molecule has 0 saturated heterocycles. The van der Waals surface area contributed by atoms with E-state index < -0.39 is 12.7 Å². The zero-order valence-electron chi connectivity index (χ0n) is 9.04. The molecule has 3 nitrogen and oxygen atoms in total. The number of aromatic nitrogens is 2. The molecule has 1 aromatic rings. The average Bonchev–Trinajstić information content (AvgIpc) is 2.27. The Morgan fingerprint density at radius 2 is 2.12 bits per heavy atom. The Kier molecular flexibility index (Phi) is 5.32. The number of alkyl halides is 4. The Morgan fingerprint density at radius 3 is 2.65 bits per heavy atom. The van der Waals surface area contributed by atoms with Crippen LogP contribution in [0.2, 0.25) is 0 Å². The van der Waals surface area contributed by atoms with Crippen LogP contribution in [0.15, 0.2) is 17.4 Å². The van der Waals surface area contributed by atoms with E-state index in [-0.39, 0.29) is 18.2 Å². The average molecular weight is 286 g/mol. The van der Waals surface area contributed by atoms with Crippen molar-refractivity contribution in [3.8, 4) is 0 Å². The maximum Gasteiger partial charge on any atom is 0.405 e. The number of anilines is 1. The highest BCUT2D eigenvalue weighted by molar-refractivity contribution is 7.98. The van der Waals surface area contributed by atoms with Crippen molar-refractivity contribution in [3.05, 3.63) is 12.4 Å². The third-order valence-electron chi connectivity index (χ3n) is 1.89. The molecule has 0 aromatic carbocycles. The van der Waals surface area contributed by atoms with Gasteiger partial charge in [0.25, 0.3) is 0 Å². The van der Waals surface area contributed by atoms with Gasteiger partial charge in [0.2, 0.25) is 0 Å². The van der Waals surface area contributed by atoms with Crippen LogP contribution in [0.5, 0.6) is 0 Å². The molecule has 96 valence electrons. The topological polar surface area (TPSA) is 29.0 Å². The molecule has 1 heterocycles. The highest BCUT2D eigenvalue weighted by Gasteiger charge is 2.31. The lowest BCUT2D eigenvalue weighted by atomic mass is 10.4. The summed E-state index contributed by atoms with van der Waals surface area (Å²) < 4.78 is 37.1. The summed E-state index contributed by atoms with van der Waals surface area (Å²) in [6.45, 7) is -0.976. The van der Waals surface area contributed by atoms with Gasteiger partial charge < -0.3 is 4.90 Å². The van der Waals surface area contributed by atoms with Crippen molar-refractivity contribution in [3.63, 3.8) is 0 Å². The normalized spacial score (nSPS) is 11.6. The maximum atomic E-state index is 12.4. The Labute approximate surface area is 106 Å². The predicted octanol–water partition coefficient (Wildman–Crippen LogP) is 2.81. The van der Waals surface area contributed by atoms with Crippen LogP contribution in [0.25, 0.3) is 0 Å². The standard InChI is InChI=1S/C9H11ClF3N3S/c1-17-8-4-7(14-6-15-8)16(3-2-10)5-9(11,12)13/h4,6H,2-3,5H2,1H3. The lowest BCUT2D eigenvalue weighted by molar-refractivity contribution is -0.119. The molecule has 0 saturated carbocycles. The summed E-state index contributed by atoms with van der Waals surface area (Å²) in [5.74, 6) is 0.344. The van der Waals surface area contributed by atoms with Crippen molar-refractivity contribution in [2.45, 2.75) is 11.2 Å². The van der Waals surface area contributed by atoms with E-state index in [4.69, 9.17) is 11.6 Å². The molecular formula is C9H11ClF3N3S. The van der Waals surface area contributed by atoms with Gasteiger partial charge in [-0.1, -0.05) is 0 Å². The molecule has 0 fully saturated rings. The summed E-state index contributed by atoms with van der Waals surface area (Å²) in [4.78, 5) is 8.83. The fraction of sp³-hybridized carbons (Fsp3) is 0.556. The molecule has 0 bridgehead atoms. The molecule has 0 aliphatic heterocycles. The molecule has 0 aliphatic carbocycles. The van der Waals surface area contributed by atoms with Gasteiger partial charge in [-0.15, -0.1) is 23.4 Å². The fourth-order valence-electron chi connectivity index (χ4n) is 1.21. The van der Waals surface area contributed by atoms with E-state index in [0.717, 1.165) is 4.90 Å².